The maximum absolute atomic E-state index is 13.6. The number of hydrogen-bond acceptors (Lipinski definition) is 6. The summed E-state index contributed by atoms with van der Waals surface area (Å²) in [7, 11) is 0. The van der Waals surface area contributed by atoms with Gasteiger partial charge in [-0.1, -0.05) is 54.4 Å². The van der Waals surface area contributed by atoms with E-state index >= 15 is 0 Å². The molecule has 3 rings (SSSR count). The minimum absolute atomic E-state index is 0.0476. The molecule has 0 heterocycles. The van der Waals surface area contributed by atoms with Crippen molar-refractivity contribution in [2.24, 2.45) is 5.92 Å². The van der Waals surface area contributed by atoms with E-state index < -0.39 is 17.6 Å². The largest absolute Gasteiger partial charge is 0.458 e. The molecule has 5 nitrogen and oxygen atoms in total. The van der Waals surface area contributed by atoms with Crippen LogP contribution >= 0.6 is 23.5 Å². The van der Waals surface area contributed by atoms with Gasteiger partial charge in [0.05, 0.1) is 0 Å². The van der Waals surface area contributed by atoms with Crippen LogP contribution in [0.4, 0.5) is 0 Å². The van der Waals surface area contributed by atoms with Crippen LogP contribution in [0, 0.1) is 19.8 Å². The number of amides is 1. The zero-order chi connectivity index (χ0) is 29.3. The summed E-state index contributed by atoms with van der Waals surface area (Å²) >= 11 is 3.36. The van der Waals surface area contributed by atoms with Crippen molar-refractivity contribution in [1.82, 2.24) is 5.32 Å². The van der Waals surface area contributed by atoms with Gasteiger partial charge in [-0.25, -0.2) is 4.79 Å². The molecule has 3 aromatic rings. The van der Waals surface area contributed by atoms with Gasteiger partial charge in [0.1, 0.15) is 11.6 Å². The molecule has 0 radical (unpaired) electrons. The molecule has 40 heavy (non-hydrogen) atoms. The van der Waals surface area contributed by atoms with Crippen LogP contribution in [-0.2, 0) is 9.53 Å². The van der Waals surface area contributed by atoms with Gasteiger partial charge in [-0.3, -0.25) is 9.59 Å². The van der Waals surface area contributed by atoms with Crippen LogP contribution in [0.1, 0.15) is 66.0 Å². The van der Waals surface area contributed by atoms with E-state index in [4.69, 9.17) is 4.74 Å². The van der Waals surface area contributed by atoms with Crippen LogP contribution in [0.3, 0.4) is 0 Å². The second-order valence-corrected chi connectivity index (χ2v) is 13.0. The summed E-state index contributed by atoms with van der Waals surface area (Å²) in [6, 6.07) is 22.6. The number of carbonyl (C=O) groups excluding carboxylic acids is 3. The number of benzene rings is 3. The van der Waals surface area contributed by atoms with Gasteiger partial charge in [0.2, 0.25) is 0 Å². The molecule has 0 aliphatic rings. The number of Topliss-reactive ketones (excluding diaryl/α,β-unsaturated/α-hetero) is 1. The molecule has 1 atom stereocenters. The minimum atomic E-state index is -0.741. The van der Waals surface area contributed by atoms with Gasteiger partial charge >= 0.3 is 5.97 Å². The standard InChI is InChI=1S/C33H39NO4S2/c1-7-29(32(37)38-33(4,5)6)34-31(36)25-14-12-24(13-15-25)30(35)26(20-39-27-16-8-22(2)9-17-27)21-40-28-18-10-23(3)11-19-28/h8-19,26,29H,7,20-21H2,1-6H3,(H,34,36). The fraction of sp³-hybridized carbons (Fsp3) is 0.364. The first-order valence-corrected chi connectivity index (χ1v) is 15.5. The lowest BCUT2D eigenvalue weighted by molar-refractivity contribution is -0.157. The fourth-order valence-corrected chi connectivity index (χ4v) is 5.96. The monoisotopic (exact) mass is 577 g/mol. The van der Waals surface area contributed by atoms with E-state index in [1.165, 1.54) is 11.1 Å². The number of aryl methyl sites for hydroxylation is 2. The lowest BCUT2D eigenvalue weighted by Gasteiger charge is -2.24. The number of thioether (sulfide) groups is 2. The smallest absolute Gasteiger partial charge is 0.329 e. The van der Waals surface area contributed by atoms with Crippen molar-refractivity contribution >= 4 is 41.2 Å². The Morgan fingerprint density at radius 3 is 1.62 bits per heavy atom. The van der Waals surface area contributed by atoms with Crippen molar-refractivity contribution < 1.29 is 19.1 Å². The maximum Gasteiger partial charge on any atom is 0.329 e. The number of rotatable bonds is 12. The molecular formula is C33H39NO4S2. The Morgan fingerprint density at radius 2 is 1.20 bits per heavy atom. The van der Waals surface area contributed by atoms with Crippen molar-refractivity contribution in [3.05, 3.63) is 95.1 Å². The average Bonchev–Trinajstić information content (AvgIpc) is 2.92. The molecule has 7 heteroatoms. The quantitative estimate of drug-likeness (QED) is 0.136. The topological polar surface area (TPSA) is 72.5 Å². The van der Waals surface area contributed by atoms with Crippen molar-refractivity contribution in [3.63, 3.8) is 0 Å². The van der Waals surface area contributed by atoms with Crippen LogP contribution in [0.5, 0.6) is 0 Å². The molecule has 0 fully saturated rings. The second-order valence-electron chi connectivity index (χ2n) is 10.9. The highest BCUT2D eigenvalue weighted by atomic mass is 32.2. The predicted molar refractivity (Wildman–Crippen MR) is 165 cm³/mol. The highest BCUT2D eigenvalue weighted by Crippen LogP contribution is 2.28. The van der Waals surface area contributed by atoms with E-state index in [0.717, 1.165) is 9.79 Å². The summed E-state index contributed by atoms with van der Waals surface area (Å²) in [4.78, 5) is 41.2. The highest BCUT2D eigenvalue weighted by Gasteiger charge is 2.26. The Morgan fingerprint density at radius 1 is 0.750 bits per heavy atom. The zero-order valence-corrected chi connectivity index (χ0v) is 25.8. The van der Waals surface area contributed by atoms with Crippen molar-refractivity contribution in [3.8, 4) is 0 Å². The van der Waals surface area contributed by atoms with Gasteiger partial charge in [-0.05, 0) is 77.4 Å². The third kappa shape index (κ3) is 9.86. The molecular weight excluding hydrogens is 539 g/mol. The lowest BCUT2D eigenvalue weighted by Crippen LogP contribution is -2.43. The van der Waals surface area contributed by atoms with Crippen LogP contribution in [-0.4, -0.2) is 40.8 Å². The van der Waals surface area contributed by atoms with E-state index in [-0.39, 0.29) is 17.6 Å². The molecule has 0 aliphatic carbocycles. The fourth-order valence-electron chi connectivity index (χ4n) is 3.83. The molecule has 0 aliphatic heterocycles. The zero-order valence-electron chi connectivity index (χ0n) is 24.2. The Labute approximate surface area is 246 Å². The Kier molecular flexibility index (Phi) is 11.5. The van der Waals surface area contributed by atoms with Gasteiger partial charge in [0.15, 0.2) is 5.78 Å². The second kappa shape index (κ2) is 14.6. The first-order chi connectivity index (χ1) is 18.9. The minimum Gasteiger partial charge on any atom is -0.458 e. The van der Waals surface area contributed by atoms with Gasteiger partial charge in [-0.2, -0.15) is 0 Å². The Bertz CT molecular complexity index is 1230. The van der Waals surface area contributed by atoms with E-state index in [2.05, 4.69) is 67.7 Å². The Hall–Kier alpha value is -3.03. The summed E-state index contributed by atoms with van der Waals surface area (Å²) in [5.74, 6) is 0.294. The summed E-state index contributed by atoms with van der Waals surface area (Å²) in [6.45, 7) is 11.3. The van der Waals surface area contributed by atoms with E-state index in [1.807, 2.05) is 6.92 Å². The van der Waals surface area contributed by atoms with Crippen molar-refractivity contribution in [2.75, 3.05) is 11.5 Å². The Balaban J connectivity index is 1.70. The van der Waals surface area contributed by atoms with E-state index in [0.29, 0.717) is 29.1 Å². The van der Waals surface area contributed by atoms with E-state index in [9.17, 15) is 14.4 Å². The van der Waals surface area contributed by atoms with Gasteiger partial charge in [-0.15, -0.1) is 23.5 Å². The average molecular weight is 578 g/mol. The summed E-state index contributed by atoms with van der Waals surface area (Å²) in [5, 5.41) is 2.76. The van der Waals surface area contributed by atoms with Crippen LogP contribution in [0.15, 0.2) is 82.6 Å². The van der Waals surface area contributed by atoms with Crippen molar-refractivity contribution in [2.45, 2.75) is 69.4 Å². The molecule has 3 aromatic carbocycles. The maximum atomic E-state index is 13.6. The SMILES string of the molecule is CCC(NC(=O)c1ccc(C(=O)C(CSc2ccc(C)cc2)CSc2ccc(C)cc2)cc1)C(=O)OC(C)(C)C. The van der Waals surface area contributed by atoms with Gasteiger partial charge in [0, 0.05) is 38.3 Å². The summed E-state index contributed by atoms with van der Waals surface area (Å²) in [6.07, 6.45) is 0.413. The highest BCUT2D eigenvalue weighted by molar-refractivity contribution is 8.00. The number of nitrogens with one attached hydrogen (secondary N) is 1. The van der Waals surface area contributed by atoms with Crippen LogP contribution in [0.2, 0.25) is 0 Å². The predicted octanol–water partition coefficient (Wildman–Crippen LogP) is 7.54. The summed E-state index contributed by atoms with van der Waals surface area (Å²) in [5.41, 5.74) is 2.72. The molecule has 0 saturated heterocycles. The number of ketones is 1. The van der Waals surface area contributed by atoms with Crippen LogP contribution in [0.25, 0.3) is 0 Å². The molecule has 0 aromatic heterocycles. The van der Waals surface area contributed by atoms with Gasteiger partial charge < -0.3 is 10.1 Å². The first-order valence-electron chi connectivity index (χ1n) is 13.5. The van der Waals surface area contributed by atoms with Gasteiger partial charge in [0.25, 0.3) is 5.91 Å². The molecule has 1 amide bonds. The van der Waals surface area contributed by atoms with E-state index in [1.54, 1.807) is 68.6 Å². The third-order valence-corrected chi connectivity index (χ3v) is 8.50. The molecule has 0 saturated carbocycles. The number of hydrogen-bond donors (Lipinski definition) is 1. The molecule has 0 spiro atoms. The number of ether oxygens (including phenoxy) is 1. The number of carbonyl (C=O) groups is 3. The lowest BCUT2D eigenvalue weighted by atomic mass is 9.99. The molecule has 212 valence electrons. The molecule has 0 bridgehead atoms. The molecule has 1 unspecified atom stereocenters. The normalized spacial score (nSPS) is 12.2. The van der Waals surface area contributed by atoms with Crippen molar-refractivity contribution in [1.29, 1.82) is 0 Å². The summed E-state index contributed by atoms with van der Waals surface area (Å²) < 4.78 is 5.42. The molecule has 1 N–H and O–H groups in total. The third-order valence-electron chi connectivity index (χ3n) is 6.15. The van der Waals surface area contributed by atoms with Crippen LogP contribution < -0.4 is 5.32 Å². The number of esters is 1. The first kappa shape index (κ1) is 31.5.